The largest absolute Gasteiger partial charge is 0.416 e. The van der Waals surface area contributed by atoms with E-state index in [-0.39, 0.29) is 5.88 Å². The third-order valence-corrected chi connectivity index (χ3v) is 1.64. The van der Waals surface area contributed by atoms with Crippen molar-refractivity contribution in [1.29, 1.82) is 0 Å². The van der Waals surface area contributed by atoms with Gasteiger partial charge in [-0.3, -0.25) is 0 Å². The van der Waals surface area contributed by atoms with Crippen LogP contribution in [-0.4, -0.2) is 16.6 Å². The molecule has 13 heavy (non-hydrogen) atoms. The number of H-pyrrole nitrogens is 1. The summed E-state index contributed by atoms with van der Waals surface area (Å²) in [5.41, 5.74) is 0.727. The predicted octanol–water partition coefficient (Wildman–Crippen LogP) is 2.16. The Kier molecular flexibility index (Phi) is 1.84. The van der Waals surface area contributed by atoms with E-state index in [2.05, 4.69) is 14.7 Å². The summed E-state index contributed by atoms with van der Waals surface area (Å²) in [6.45, 7) is -2.84. The molecule has 0 amide bonds. The van der Waals surface area contributed by atoms with Crippen LogP contribution < -0.4 is 4.74 Å². The fourth-order valence-corrected chi connectivity index (χ4v) is 1.13. The van der Waals surface area contributed by atoms with Crippen LogP contribution in [0.25, 0.3) is 10.9 Å². The first-order chi connectivity index (χ1) is 6.27. The molecule has 0 atom stereocenters. The fourth-order valence-electron chi connectivity index (χ4n) is 1.13. The molecule has 0 saturated carbocycles. The first-order valence-corrected chi connectivity index (χ1v) is 3.64. The van der Waals surface area contributed by atoms with E-state index in [9.17, 15) is 8.78 Å². The molecule has 2 aromatic heterocycles. The fraction of sp³-hybridized carbons (Fsp3) is 0.125. The normalized spacial score (nSPS) is 11.0. The van der Waals surface area contributed by atoms with E-state index in [0.29, 0.717) is 5.39 Å². The van der Waals surface area contributed by atoms with Crippen molar-refractivity contribution < 1.29 is 13.5 Å². The summed E-state index contributed by atoms with van der Waals surface area (Å²) in [5.74, 6) is -0.0475. The first-order valence-electron chi connectivity index (χ1n) is 3.64. The Morgan fingerprint density at radius 1 is 1.38 bits per heavy atom. The lowest BCUT2D eigenvalue weighted by molar-refractivity contribution is -0.0517. The van der Waals surface area contributed by atoms with Crippen LogP contribution in [0.1, 0.15) is 0 Å². The summed E-state index contributed by atoms with van der Waals surface area (Å²) in [7, 11) is 0. The second-order valence-corrected chi connectivity index (χ2v) is 2.43. The molecule has 5 heteroatoms. The van der Waals surface area contributed by atoms with E-state index in [1.165, 1.54) is 6.20 Å². The van der Waals surface area contributed by atoms with Gasteiger partial charge in [0.1, 0.15) is 0 Å². The molecule has 2 rings (SSSR count). The number of halogens is 2. The lowest BCUT2D eigenvalue weighted by atomic mass is 10.3. The van der Waals surface area contributed by atoms with Gasteiger partial charge in [0.15, 0.2) is 0 Å². The van der Waals surface area contributed by atoms with Gasteiger partial charge < -0.3 is 9.72 Å². The van der Waals surface area contributed by atoms with Gasteiger partial charge in [-0.1, -0.05) is 0 Å². The number of rotatable bonds is 2. The van der Waals surface area contributed by atoms with Crippen LogP contribution in [-0.2, 0) is 0 Å². The Hall–Kier alpha value is -1.65. The number of aromatic nitrogens is 2. The molecule has 3 nitrogen and oxygen atoms in total. The van der Waals surface area contributed by atoms with Crippen molar-refractivity contribution in [2.24, 2.45) is 0 Å². The minimum absolute atomic E-state index is 0.0475. The Morgan fingerprint density at radius 2 is 2.23 bits per heavy atom. The van der Waals surface area contributed by atoms with Crippen molar-refractivity contribution in [3.05, 3.63) is 24.5 Å². The Labute approximate surface area is 72.4 Å². The highest BCUT2D eigenvalue weighted by Crippen LogP contribution is 2.22. The molecule has 0 aliphatic rings. The summed E-state index contributed by atoms with van der Waals surface area (Å²) in [4.78, 5) is 6.57. The van der Waals surface area contributed by atoms with Crippen molar-refractivity contribution >= 4 is 10.9 Å². The Balaban J connectivity index is 2.48. The topological polar surface area (TPSA) is 37.9 Å². The highest BCUT2D eigenvalue weighted by atomic mass is 19.3. The van der Waals surface area contributed by atoms with E-state index >= 15 is 0 Å². The van der Waals surface area contributed by atoms with Crippen LogP contribution in [0, 0.1) is 0 Å². The Morgan fingerprint density at radius 3 is 3.00 bits per heavy atom. The highest BCUT2D eigenvalue weighted by Gasteiger charge is 2.09. The minimum atomic E-state index is -2.84. The first kappa shape index (κ1) is 7.97. The number of alkyl halides is 2. The zero-order valence-electron chi connectivity index (χ0n) is 6.50. The molecule has 2 heterocycles. The monoisotopic (exact) mass is 184 g/mol. The van der Waals surface area contributed by atoms with Crippen LogP contribution in [0.2, 0.25) is 0 Å². The van der Waals surface area contributed by atoms with Gasteiger partial charge in [-0.25, -0.2) is 4.98 Å². The maximum Gasteiger partial charge on any atom is 0.388 e. The summed E-state index contributed by atoms with van der Waals surface area (Å²) in [5, 5.41) is 0.558. The molecule has 0 radical (unpaired) electrons. The SMILES string of the molecule is FC(F)Oc1nccc2[nH]ccc12. The van der Waals surface area contributed by atoms with Crippen LogP contribution >= 0.6 is 0 Å². The number of nitrogens with one attached hydrogen (secondary N) is 1. The van der Waals surface area contributed by atoms with Crippen LogP contribution in [0.4, 0.5) is 8.78 Å². The number of hydrogen-bond acceptors (Lipinski definition) is 2. The van der Waals surface area contributed by atoms with Gasteiger partial charge in [-0.05, 0) is 12.1 Å². The van der Waals surface area contributed by atoms with Crippen molar-refractivity contribution in [3.63, 3.8) is 0 Å². The van der Waals surface area contributed by atoms with E-state index in [1.807, 2.05) is 0 Å². The molecule has 0 aliphatic heterocycles. The summed E-state index contributed by atoms with van der Waals surface area (Å²) >= 11 is 0. The van der Waals surface area contributed by atoms with Gasteiger partial charge in [0.2, 0.25) is 5.88 Å². The maximum absolute atomic E-state index is 11.9. The smallest absolute Gasteiger partial charge is 0.388 e. The third kappa shape index (κ3) is 1.44. The average molecular weight is 184 g/mol. The van der Waals surface area contributed by atoms with Crippen molar-refractivity contribution in [2.75, 3.05) is 0 Å². The number of aromatic amines is 1. The summed E-state index contributed by atoms with van der Waals surface area (Å²) < 4.78 is 28.0. The second kappa shape index (κ2) is 3.01. The zero-order chi connectivity index (χ0) is 9.26. The lowest BCUT2D eigenvalue weighted by Crippen LogP contribution is -2.03. The molecule has 0 saturated heterocycles. The van der Waals surface area contributed by atoms with Crippen LogP contribution in [0.3, 0.4) is 0 Å². The summed E-state index contributed by atoms with van der Waals surface area (Å²) in [6, 6.07) is 3.33. The van der Waals surface area contributed by atoms with Gasteiger partial charge in [0.25, 0.3) is 0 Å². The van der Waals surface area contributed by atoms with E-state index < -0.39 is 6.61 Å². The molecular weight excluding hydrogens is 178 g/mol. The number of fused-ring (bicyclic) bond motifs is 1. The second-order valence-electron chi connectivity index (χ2n) is 2.43. The van der Waals surface area contributed by atoms with Gasteiger partial charge in [0.05, 0.1) is 10.9 Å². The van der Waals surface area contributed by atoms with E-state index in [4.69, 9.17) is 0 Å². The molecular formula is C8H6F2N2O. The number of nitrogens with zero attached hydrogens (tertiary/aromatic N) is 1. The number of ether oxygens (including phenoxy) is 1. The standard InChI is InChI=1S/C8H6F2N2O/c9-8(10)13-7-5-1-3-11-6(5)2-4-12-7/h1-4,8,11H. The molecule has 1 N–H and O–H groups in total. The average Bonchev–Trinajstić information content (AvgIpc) is 2.51. The van der Waals surface area contributed by atoms with Gasteiger partial charge in [-0.15, -0.1) is 0 Å². The van der Waals surface area contributed by atoms with Gasteiger partial charge >= 0.3 is 6.61 Å². The maximum atomic E-state index is 11.9. The molecule has 0 fully saturated rings. The minimum Gasteiger partial charge on any atom is -0.416 e. The Bertz CT molecular complexity index is 413. The molecule has 0 spiro atoms. The quantitative estimate of drug-likeness (QED) is 0.776. The lowest BCUT2D eigenvalue weighted by Gasteiger charge is -2.03. The number of hydrogen-bond donors (Lipinski definition) is 1. The van der Waals surface area contributed by atoms with E-state index in [0.717, 1.165) is 5.52 Å². The van der Waals surface area contributed by atoms with Crippen molar-refractivity contribution in [1.82, 2.24) is 9.97 Å². The third-order valence-electron chi connectivity index (χ3n) is 1.64. The molecule has 68 valence electrons. The van der Waals surface area contributed by atoms with Gasteiger partial charge in [0, 0.05) is 12.4 Å². The predicted molar refractivity (Wildman–Crippen MR) is 42.7 cm³/mol. The van der Waals surface area contributed by atoms with Crippen LogP contribution in [0.5, 0.6) is 5.88 Å². The van der Waals surface area contributed by atoms with Gasteiger partial charge in [-0.2, -0.15) is 8.78 Å². The molecule has 2 aromatic rings. The molecule has 0 bridgehead atoms. The highest BCUT2D eigenvalue weighted by molar-refractivity contribution is 5.83. The van der Waals surface area contributed by atoms with E-state index in [1.54, 1.807) is 18.3 Å². The molecule has 0 aliphatic carbocycles. The number of pyridine rings is 1. The zero-order valence-corrected chi connectivity index (χ0v) is 6.50. The summed E-state index contributed by atoms with van der Waals surface area (Å²) in [6.07, 6.45) is 3.06. The van der Waals surface area contributed by atoms with Crippen molar-refractivity contribution in [2.45, 2.75) is 6.61 Å². The molecule has 0 unspecified atom stereocenters. The molecule has 0 aromatic carbocycles. The van der Waals surface area contributed by atoms with Crippen LogP contribution in [0.15, 0.2) is 24.5 Å². The van der Waals surface area contributed by atoms with Crippen molar-refractivity contribution in [3.8, 4) is 5.88 Å².